The molecule has 0 amide bonds. The Morgan fingerprint density at radius 3 is 2.15 bits per heavy atom. The lowest BCUT2D eigenvalue weighted by atomic mass is 10.1. The summed E-state index contributed by atoms with van der Waals surface area (Å²) < 4.78 is 96.2. The Hall–Kier alpha value is -5.45. The highest BCUT2D eigenvalue weighted by Gasteiger charge is 2.38. The van der Waals surface area contributed by atoms with Crippen LogP contribution in [0, 0.1) is 18.8 Å². The molecule has 0 bridgehead atoms. The molecule has 6 N–H and O–H groups in total. The number of alkyl halides is 6. The Morgan fingerprint density at radius 1 is 1.04 bits per heavy atom. The van der Waals surface area contributed by atoms with E-state index in [-0.39, 0.29) is 30.2 Å². The highest BCUT2D eigenvalue weighted by Crippen LogP contribution is 2.27. The number of hydrogen-bond acceptors (Lipinski definition) is 8. The number of hydrogen-bond donors (Lipinski definition) is 5. The van der Waals surface area contributed by atoms with Crippen molar-refractivity contribution in [2.75, 3.05) is 25.0 Å². The van der Waals surface area contributed by atoms with Crippen molar-refractivity contribution in [3.8, 4) is 23.4 Å². The summed E-state index contributed by atoms with van der Waals surface area (Å²) in [6.45, 7) is 2.79. The van der Waals surface area contributed by atoms with E-state index in [0.717, 1.165) is 23.5 Å². The van der Waals surface area contributed by atoms with Gasteiger partial charge in [-0.2, -0.15) is 40.2 Å². The number of nitrogens with zero attached hydrogens (tertiary/aromatic N) is 3. The van der Waals surface area contributed by atoms with Gasteiger partial charge in [-0.1, -0.05) is 11.8 Å². The highest BCUT2D eigenvalue weighted by molar-refractivity contribution is 5.73. The number of H-pyrrole nitrogens is 1. The molecule has 0 saturated heterocycles. The normalized spacial score (nSPS) is 11.9. The number of ether oxygens (including phenoxy) is 1. The molecule has 1 aromatic carbocycles. The second-order valence-corrected chi connectivity index (χ2v) is 8.73. The number of rotatable bonds is 4. The number of aromatic amines is 1. The maximum atomic E-state index is 13.0. The second-order valence-electron chi connectivity index (χ2n) is 8.73. The van der Waals surface area contributed by atoms with Gasteiger partial charge in [-0.3, -0.25) is 0 Å². The van der Waals surface area contributed by atoms with Crippen LogP contribution in [0.3, 0.4) is 0 Å². The molecule has 20 heteroatoms. The molecule has 0 aliphatic carbocycles. The van der Waals surface area contributed by atoms with Gasteiger partial charge in [0.25, 0.3) is 6.08 Å². The average molecular weight is 666 g/mol. The number of anilines is 1. The van der Waals surface area contributed by atoms with Gasteiger partial charge in [-0.15, -0.1) is 0 Å². The number of nitrogens with one attached hydrogen (secondary N) is 2. The fourth-order valence-electron chi connectivity index (χ4n) is 3.31. The van der Waals surface area contributed by atoms with Crippen LogP contribution in [-0.4, -0.2) is 73.9 Å². The van der Waals surface area contributed by atoms with Crippen molar-refractivity contribution >= 4 is 17.6 Å². The average Bonchev–Trinajstić information content (AvgIpc) is 3.33. The first-order valence-corrected chi connectivity index (χ1v) is 12.3. The van der Waals surface area contributed by atoms with Crippen LogP contribution in [0.2, 0.25) is 0 Å². The summed E-state index contributed by atoms with van der Waals surface area (Å²) in [6.07, 6.45) is -10.8. The van der Waals surface area contributed by atoms with Gasteiger partial charge >= 0.3 is 30.0 Å². The van der Waals surface area contributed by atoms with E-state index in [1.165, 1.54) is 10.8 Å². The Kier molecular flexibility index (Phi) is 12.4. The van der Waals surface area contributed by atoms with E-state index >= 15 is 0 Å². The minimum atomic E-state index is -5.08. The molecule has 2 aromatic heterocycles. The van der Waals surface area contributed by atoms with Gasteiger partial charge in [0.05, 0.1) is 5.69 Å². The molecular formula is C26H22F8N6O6. The lowest BCUT2D eigenvalue weighted by molar-refractivity contribution is -0.193. The van der Waals surface area contributed by atoms with Gasteiger partial charge in [0.15, 0.2) is 0 Å². The maximum Gasteiger partial charge on any atom is 0.490 e. The number of halogens is 8. The summed E-state index contributed by atoms with van der Waals surface area (Å²) in [5, 5.41) is 23.7. The van der Waals surface area contributed by atoms with E-state index in [9.17, 15) is 39.9 Å². The zero-order chi connectivity index (χ0) is 34.8. The van der Waals surface area contributed by atoms with Crippen LogP contribution in [0.4, 0.5) is 40.8 Å². The predicted octanol–water partition coefficient (Wildman–Crippen LogP) is 3.39. The summed E-state index contributed by atoms with van der Waals surface area (Å²) in [6, 6.07) is 7.43. The van der Waals surface area contributed by atoms with E-state index in [0.29, 0.717) is 17.7 Å². The smallest absolute Gasteiger partial charge is 0.490 e. The van der Waals surface area contributed by atoms with Crippen LogP contribution in [0.1, 0.15) is 22.5 Å². The number of carboxylic acids is 2. The van der Waals surface area contributed by atoms with Gasteiger partial charge in [-0.25, -0.2) is 29.0 Å². The van der Waals surface area contributed by atoms with Crippen LogP contribution in [0.25, 0.3) is 5.82 Å². The van der Waals surface area contributed by atoms with Crippen molar-refractivity contribution in [1.29, 1.82) is 0 Å². The molecule has 12 nitrogen and oxygen atoms in total. The molecule has 3 aromatic rings. The number of pyridine rings is 1. The second kappa shape index (κ2) is 15.5. The van der Waals surface area contributed by atoms with Crippen molar-refractivity contribution in [1.82, 2.24) is 19.7 Å². The predicted molar refractivity (Wildman–Crippen MR) is 143 cm³/mol. The minimum absolute atomic E-state index is 0.0986. The van der Waals surface area contributed by atoms with E-state index in [4.69, 9.17) is 30.3 Å². The first-order chi connectivity index (χ1) is 21.3. The number of nitrogens with two attached hydrogens (primary N) is 1. The van der Waals surface area contributed by atoms with Crippen LogP contribution >= 0.6 is 0 Å². The van der Waals surface area contributed by atoms with Gasteiger partial charge < -0.3 is 26.0 Å². The van der Waals surface area contributed by atoms with Gasteiger partial charge in [0.2, 0.25) is 0 Å². The van der Waals surface area contributed by atoms with Gasteiger partial charge in [-0.05, 0) is 36.8 Å². The fourth-order valence-corrected chi connectivity index (χ4v) is 3.31. The number of fused-ring (bicyclic) bond motifs is 1. The third-order valence-electron chi connectivity index (χ3n) is 5.38. The number of aliphatic carboxylic acids is 2. The number of carboxylic acid groups (broad SMARTS) is 2. The van der Waals surface area contributed by atoms with Gasteiger partial charge in [0, 0.05) is 42.4 Å². The van der Waals surface area contributed by atoms with Crippen LogP contribution in [0.15, 0.2) is 46.9 Å². The molecule has 3 heterocycles. The SMILES string of the molecule is Cc1cc(C#Cc2ccc3c(c2)NCCO3)cnc1-n1c(CC(CN)=C(F)F)n[nH]c1=O.O=C(O)C(F)(F)F.O=C(O)C(F)(F)F. The number of aromatic nitrogens is 4. The summed E-state index contributed by atoms with van der Waals surface area (Å²) >= 11 is 0. The molecular weight excluding hydrogens is 644 g/mol. The highest BCUT2D eigenvalue weighted by atomic mass is 19.4. The number of benzene rings is 1. The first kappa shape index (κ1) is 36.7. The number of carbonyl (C=O) groups is 2. The molecule has 248 valence electrons. The van der Waals surface area contributed by atoms with E-state index in [2.05, 4.69) is 32.3 Å². The van der Waals surface area contributed by atoms with Crippen molar-refractivity contribution < 1.29 is 59.7 Å². The summed E-state index contributed by atoms with van der Waals surface area (Å²) in [7, 11) is 0. The Morgan fingerprint density at radius 2 is 1.63 bits per heavy atom. The molecule has 1 aliphatic rings. The molecule has 0 fully saturated rings. The standard InChI is InChI=1S/C22H20F2N6O2.2C2HF3O2/c1-13-8-15(3-2-14-4-5-18-17(9-14)26-6-7-32-18)12-27-21(13)30-19(28-29-22(30)31)10-16(11-25)20(23)24;2*3-2(4,5)1(6)7/h4-5,8-9,12,26H,6-7,10-11,25H2,1H3,(H,29,31);2*(H,6,7). The Labute approximate surface area is 252 Å². The van der Waals surface area contributed by atoms with Gasteiger partial charge in [0.1, 0.15) is 24.0 Å². The van der Waals surface area contributed by atoms with Crippen molar-refractivity contribution in [2.24, 2.45) is 5.73 Å². The van der Waals surface area contributed by atoms with Crippen molar-refractivity contribution in [2.45, 2.75) is 25.7 Å². The summed E-state index contributed by atoms with van der Waals surface area (Å²) in [5.74, 6) is 1.81. The largest absolute Gasteiger partial charge is 0.490 e. The van der Waals surface area contributed by atoms with Crippen LogP contribution in [-0.2, 0) is 16.0 Å². The molecule has 0 spiro atoms. The van der Waals surface area contributed by atoms with E-state index in [1.807, 2.05) is 18.2 Å². The third-order valence-corrected chi connectivity index (χ3v) is 5.38. The molecule has 0 atom stereocenters. The minimum Gasteiger partial charge on any atom is -0.490 e. The third kappa shape index (κ3) is 10.6. The molecule has 4 rings (SSSR count). The van der Waals surface area contributed by atoms with Crippen LogP contribution < -0.4 is 21.5 Å². The van der Waals surface area contributed by atoms with E-state index < -0.39 is 36.1 Å². The topological polar surface area (TPSA) is 185 Å². The first-order valence-electron chi connectivity index (χ1n) is 12.3. The van der Waals surface area contributed by atoms with Crippen molar-refractivity contribution in [3.05, 3.63) is 75.1 Å². The molecule has 0 saturated carbocycles. The maximum absolute atomic E-state index is 13.0. The fraction of sp³-hybridized carbons (Fsp3) is 0.269. The lowest BCUT2D eigenvalue weighted by Crippen LogP contribution is -2.21. The molecule has 46 heavy (non-hydrogen) atoms. The summed E-state index contributed by atoms with van der Waals surface area (Å²) in [4.78, 5) is 34.4. The molecule has 1 aliphatic heterocycles. The van der Waals surface area contributed by atoms with Crippen LogP contribution in [0.5, 0.6) is 5.75 Å². The summed E-state index contributed by atoms with van der Waals surface area (Å²) in [5.41, 5.74) is 7.50. The van der Waals surface area contributed by atoms with E-state index in [1.54, 1.807) is 13.0 Å². The molecule has 0 radical (unpaired) electrons. The quantitative estimate of drug-likeness (QED) is 0.204. The zero-order valence-electron chi connectivity index (χ0n) is 23.2. The monoisotopic (exact) mass is 666 g/mol. The Bertz CT molecular complexity index is 1690. The Balaban J connectivity index is 0.000000440. The lowest BCUT2D eigenvalue weighted by Gasteiger charge is -2.18. The number of aryl methyl sites for hydroxylation is 1. The molecule has 0 unspecified atom stereocenters. The zero-order valence-corrected chi connectivity index (χ0v) is 23.2. The van der Waals surface area contributed by atoms with Crippen molar-refractivity contribution in [3.63, 3.8) is 0 Å².